The Kier molecular flexibility index (Phi) is 4.01. The minimum atomic E-state index is -0.0984. The molecule has 0 spiro atoms. The number of aromatic nitrogens is 1. The fourth-order valence-electron chi connectivity index (χ4n) is 7.61. The lowest BCUT2D eigenvalue weighted by Crippen LogP contribution is -2.14. The number of benzene rings is 6. The summed E-state index contributed by atoms with van der Waals surface area (Å²) < 4.78 is 15.4. The van der Waals surface area contributed by atoms with Crippen LogP contribution in [0.1, 0.15) is 25.0 Å². The second-order valence-electron chi connectivity index (χ2n) is 12.1. The molecule has 0 saturated carbocycles. The smallest absolute Gasteiger partial charge is 0.145 e. The van der Waals surface area contributed by atoms with Gasteiger partial charge in [0.2, 0.25) is 0 Å². The van der Waals surface area contributed by atoms with Crippen LogP contribution in [-0.4, -0.2) is 4.57 Å². The fourth-order valence-corrected chi connectivity index (χ4v) is 7.61. The van der Waals surface area contributed by atoms with Gasteiger partial charge in [-0.15, -0.1) is 0 Å². The molecule has 3 nitrogen and oxygen atoms in total. The van der Waals surface area contributed by atoms with Gasteiger partial charge >= 0.3 is 0 Å². The SMILES string of the molecule is CC1(C)c2ccccc2-c2cc3c4c5oc6ccccc6c5ccc4n(-c4ccc5c(c4)oc4ccccc45)c3cc21. The summed E-state index contributed by atoms with van der Waals surface area (Å²) in [6, 6.07) is 41.3. The molecule has 198 valence electrons. The monoisotopic (exact) mass is 539 g/mol. The minimum Gasteiger partial charge on any atom is -0.456 e. The number of rotatable bonds is 1. The predicted octanol–water partition coefficient (Wildman–Crippen LogP) is 10.9. The lowest BCUT2D eigenvalue weighted by molar-refractivity contribution is 0.661. The van der Waals surface area contributed by atoms with Crippen LogP contribution in [0.15, 0.2) is 124 Å². The molecule has 0 atom stereocenters. The van der Waals surface area contributed by atoms with Crippen molar-refractivity contribution in [3.05, 3.63) is 126 Å². The summed E-state index contributed by atoms with van der Waals surface area (Å²) in [5.74, 6) is 0. The molecule has 3 aromatic heterocycles. The first-order chi connectivity index (χ1) is 20.6. The number of furan rings is 2. The largest absolute Gasteiger partial charge is 0.456 e. The first-order valence-corrected chi connectivity index (χ1v) is 14.5. The molecule has 0 unspecified atom stereocenters. The summed E-state index contributed by atoms with van der Waals surface area (Å²) in [5.41, 5.74) is 12.3. The molecule has 1 aliphatic carbocycles. The third-order valence-electron chi connectivity index (χ3n) is 9.60. The van der Waals surface area contributed by atoms with E-state index in [9.17, 15) is 0 Å². The second kappa shape index (κ2) is 7.51. The summed E-state index contributed by atoms with van der Waals surface area (Å²) in [4.78, 5) is 0. The highest BCUT2D eigenvalue weighted by Crippen LogP contribution is 2.52. The molecule has 0 saturated heterocycles. The summed E-state index contributed by atoms with van der Waals surface area (Å²) in [6.45, 7) is 4.68. The zero-order chi connectivity index (χ0) is 27.7. The van der Waals surface area contributed by atoms with Gasteiger partial charge in [0.15, 0.2) is 0 Å². The Morgan fingerprint density at radius 1 is 0.500 bits per heavy atom. The van der Waals surface area contributed by atoms with E-state index in [-0.39, 0.29) is 5.41 Å². The fraction of sp³-hybridized carbons (Fsp3) is 0.0769. The highest BCUT2D eigenvalue weighted by molar-refractivity contribution is 6.24. The minimum absolute atomic E-state index is 0.0984. The lowest BCUT2D eigenvalue weighted by Gasteiger charge is -2.21. The Hall–Kier alpha value is -5.28. The maximum atomic E-state index is 6.63. The zero-order valence-electron chi connectivity index (χ0n) is 23.2. The van der Waals surface area contributed by atoms with E-state index in [2.05, 4.69) is 115 Å². The Bertz CT molecular complexity index is 2610. The van der Waals surface area contributed by atoms with E-state index < -0.39 is 0 Å². The quantitative estimate of drug-likeness (QED) is 0.208. The van der Waals surface area contributed by atoms with Gasteiger partial charge in [0, 0.05) is 44.1 Å². The maximum Gasteiger partial charge on any atom is 0.145 e. The molecule has 3 heterocycles. The maximum absolute atomic E-state index is 6.63. The molecular weight excluding hydrogens is 514 g/mol. The van der Waals surface area contributed by atoms with Crippen molar-refractivity contribution < 1.29 is 8.83 Å². The number of hydrogen-bond donors (Lipinski definition) is 0. The number of fused-ring (bicyclic) bond motifs is 13. The van der Waals surface area contributed by atoms with Crippen LogP contribution in [0.25, 0.3) is 82.5 Å². The van der Waals surface area contributed by atoms with Crippen molar-refractivity contribution in [3.8, 4) is 16.8 Å². The molecule has 10 rings (SSSR count). The Balaban J connectivity index is 1.38. The number of para-hydroxylation sites is 2. The van der Waals surface area contributed by atoms with Crippen LogP contribution in [-0.2, 0) is 5.41 Å². The van der Waals surface area contributed by atoms with E-state index in [0.717, 1.165) is 60.5 Å². The molecule has 42 heavy (non-hydrogen) atoms. The van der Waals surface area contributed by atoms with Gasteiger partial charge < -0.3 is 13.4 Å². The molecule has 6 aromatic carbocycles. The average molecular weight is 540 g/mol. The summed E-state index contributed by atoms with van der Waals surface area (Å²) in [5, 5.41) is 6.91. The average Bonchev–Trinajstić information content (AvgIpc) is 3.73. The van der Waals surface area contributed by atoms with Crippen LogP contribution in [0, 0.1) is 0 Å². The topological polar surface area (TPSA) is 31.2 Å². The highest BCUT2D eigenvalue weighted by Gasteiger charge is 2.36. The van der Waals surface area contributed by atoms with Gasteiger partial charge in [-0.05, 0) is 70.8 Å². The summed E-state index contributed by atoms with van der Waals surface area (Å²) >= 11 is 0. The molecule has 0 radical (unpaired) electrons. The molecule has 0 N–H and O–H groups in total. The standard InChI is InChI=1S/C39H25NO2/c1-39(2)30-12-6-3-9-23(30)28-20-29-33(21-31(28)39)40(22-15-16-26-24-10-4-7-13-34(24)41-36(26)19-22)32-18-17-27-25-11-5-8-14-35(25)42-38(27)37(29)32/h3-21H,1-2H3. The van der Waals surface area contributed by atoms with Crippen LogP contribution in [0.5, 0.6) is 0 Å². The van der Waals surface area contributed by atoms with Crippen molar-refractivity contribution in [1.29, 1.82) is 0 Å². The van der Waals surface area contributed by atoms with Crippen LogP contribution < -0.4 is 0 Å². The first-order valence-electron chi connectivity index (χ1n) is 14.5. The summed E-state index contributed by atoms with van der Waals surface area (Å²) in [7, 11) is 0. The van der Waals surface area contributed by atoms with Gasteiger partial charge in [-0.1, -0.05) is 74.5 Å². The van der Waals surface area contributed by atoms with E-state index in [0.29, 0.717) is 0 Å². The van der Waals surface area contributed by atoms with Gasteiger partial charge in [-0.3, -0.25) is 0 Å². The lowest BCUT2D eigenvalue weighted by atomic mass is 9.82. The molecule has 1 aliphatic rings. The Morgan fingerprint density at radius 2 is 1.19 bits per heavy atom. The zero-order valence-corrected chi connectivity index (χ0v) is 23.2. The first kappa shape index (κ1) is 22.4. The normalized spacial score (nSPS) is 14.1. The van der Waals surface area contributed by atoms with Crippen molar-refractivity contribution >= 4 is 65.7 Å². The highest BCUT2D eigenvalue weighted by atomic mass is 16.3. The van der Waals surface area contributed by atoms with Crippen molar-refractivity contribution in [2.24, 2.45) is 0 Å². The molecule has 9 aromatic rings. The van der Waals surface area contributed by atoms with Gasteiger partial charge in [0.25, 0.3) is 0 Å². The van der Waals surface area contributed by atoms with Crippen molar-refractivity contribution in [1.82, 2.24) is 4.57 Å². The number of hydrogen-bond acceptors (Lipinski definition) is 2. The Morgan fingerprint density at radius 3 is 2.05 bits per heavy atom. The molecule has 0 fully saturated rings. The summed E-state index contributed by atoms with van der Waals surface area (Å²) in [6.07, 6.45) is 0. The van der Waals surface area contributed by atoms with Crippen LogP contribution in [0.2, 0.25) is 0 Å². The van der Waals surface area contributed by atoms with Gasteiger partial charge in [-0.25, -0.2) is 0 Å². The third kappa shape index (κ3) is 2.66. The van der Waals surface area contributed by atoms with E-state index in [1.165, 1.54) is 33.2 Å². The van der Waals surface area contributed by atoms with Gasteiger partial charge in [-0.2, -0.15) is 0 Å². The van der Waals surface area contributed by atoms with Crippen molar-refractivity contribution in [3.63, 3.8) is 0 Å². The third-order valence-corrected chi connectivity index (χ3v) is 9.60. The van der Waals surface area contributed by atoms with E-state index >= 15 is 0 Å². The van der Waals surface area contributed by atoms with E-state index in [1.807, 2.05) is 18.2 Å². The van der Waals surface area contributed by atoms with Crippen LogP contribution in [0.3, 0.4) is 0 Å². The molecule has 0 amide bonds. The van der Waals surface area contributed by atoms with Crippen LogP contribution >= 0.6 is 0 Å². The van der Waals surface area contributed by atoms with Crippen molar-refractivity contribution in [2.75, 3.05) is 0 Å². The van der Waals surface area contributed by atoms with E-state index in [1.54, 1.807) is 0 Å². The van der Waals surface area contributed by atoms with Crippen molar-refractivity contribution in [2.45, 2.75) is 19.3 Å². The second-order valence-corrected chi connectivity index (χ2v) is 12.1. The van der Waals surface area contributed by atoms with Gasteiger partial charge in [0.05, 0.1) is 16.4 Å². The Labute approximate surface area is 241 Å². The number of nitrogens with zero attached hydrogens (tertiary/aromatic N) is 1. The molecule has 0 bridgehead atoms. The predicted molar refractivity (Wildman–Crippen MR) is 173 cm³/mol. The molecular formula is C39H25NO2. The van der Waals surface area contributed by atoms with Gasteiger partial charge in [0.1, 0.15) is 22.3 Å². The molecule has 0 aliphatic heterocycles. The van der Waals surface area contributed by atoms with E-state index in [4.69, 9.17) is 8.83 Å². The molecule has 3 heteroatoms. The van der Waals surface area contributed by atoms with Crippen LogP contribution in [0.4, 0.5) is 0 Å².